The summed E-state index contributed by atoms with van der Waals surface area (Å²) in [6.45, 7) is 5.83. The quantitative estimate of drug-likeness (QED) is 0.810. The van der Waals surface area contributed by atoms with E-state index in [2.05, 4.69) is 0 Å². The van der Waals surface area contributed by atoms with Crippen molar-refractivity contribution in [2.24, 2.45) is 0 Å². The molecule has 0 atom stereocenters. The molecule has 124 valence electrons. The predicted octanol–water partition coefficient (Wildman–Crippen LogP) is 4.18. The third-order valence-electron chi connectivity index (χ3n) is 3.59. The lowest BCUT2D eigenvalue weighted by molar-refractivity contribution is 0.402. The van der Waals surface area contributed by atoms with Crippen LogP contribution in [0.4, 0.5) is 5.69 Å². The maximum atomic E-state index is 13.1. The molecule has 0 unspecified atom stereocenters. The average molecular weight is 354 g/mol. The Morgan fingerprint density at radius 2 is 1.87 bits per heavy atom. The van der Waals surface area contributed by atoms with Crippen LogP contribution < -0.4 is 9.04 Å². The van der Waals surface area contributed by atoms with Crippen LogP contribution in [0.25, 0.3) is 0 Å². The molecule has 0 saturated carbocycles. The molecule has 23 heavy (non-hydrogen) atoms. The van der Waals surface area contributed by atoms with Gasteiger partial charge in [-0.15, -0.1) is 0 Å². The van der Waals surface area contributed by atoms with Gasteiger partial charge in [0.25, 0.3) is 10.0 Å². The van der Waals surface area contributed by atoms with Crippen molar-refractivity contribution in [2.75, 3.05) is 18.0 Å². The first-order valence-corrected chi connectivity index (χ1v) is 9.06. The number of ether oxygens (including phenoxy) is 1. The lowest BCUT2D eigenvalue weighted by Gasteiger charge is -2.24. The van der Waals surface area contributed by atoms with Gasteiger partial charge in [-0.2, -0.15) is 0 Å². The zero-order valence-electron chi connectivity index (χ0n) is 13.6. The minimum atomic E-state index is -3.78. The molecule has 0 N–H and O–H groups in total. The van der Waals surface area contributed by atoms with E-state index >= 15 is 0 Å². The first-order valence-electron chi connectivity index (χ1n) is 7.24. The number of anilines is 1. The van der Waals surface area contributed by atoms with Crippen molar-refractivity contribution in [1.29, 1.82) is 0 Å². The molecule has 2 aromatic rings. The molecule has 0 bridgehead atoms. The molecule has 0 radical (unpaired) electrons. The molecule has 2 aromatic carbocycles. The Bertz CT molecular complexity index is 819. The third-order valence-corrected chi connectivity index (χ3v) is 5.92. The van der Waals surface area contributed by atoms with E-state index < -0.39 is 10.0 Å². The topological polar surface area (TPSA) is 46.6 Å². The summed E-state index contributed by atoms with van der Waals surface area (Å²) >= 11 is 6.13. The number of aryl methyl sites for hydroxylation is 2. The van der Waals surface area contributed by atoms with Crippen molar-refractivity contribution in [1.82, 2.24) is 0 Å². The van der Waals surface area contributed by atoms with E-state index in [9.17, 15) is 8.42 Å². The summed E-state index contributed by atoms with van der Waals surface area (Å²) in [5.41, 5.74) is 2.37. The summed E-state index contributed by atoms with van der Waals surface area (Å²) in [6.07, 6.45) is 0. The summed E-state index contributed by atoms with van der Waals surface area (Å²) in [4.78, 5) is 0.0685. The van der Waals surface area contributed by atoms with Gasteiger partial charge < -0.3 is 4.74 Å². The van der Waals surface area contributed by atoms with E-state index in [-0.39, 0.29) is 10.6 Å². The summed E-state index contributed by atoms with van der Waals surface area (Å²) in [7, 11) is -2.33. The largest absolute Gasteiger partial charge is 0.495 e. The second-order valence-corrected chi connectivity index (χ2v) is 7.50. The molecule has 0 aromatic heterocycles. The molecular weight excluding hydrogens is 334 g/mol. The van der Waals surface area contributed by atoms with Crippen LogP contribution in [0.1, 0.15) is 18.1 Å². The molecule has 0 aliphatic heterocycles. The lowest BCUT2D eigenvalue weighted by Crippen LogP contribution is -2.31. The molecule has 0 spiro atoms. The molecule has 0 amide bonds. The lowest BCUT2D eigenvalue weighted by atomic mass is 10.2. The molecule has 0 fully saturated rings. The van der Waals surface area contributed by atoms with Crippen LogP contribution in [0.2, 0.25) is 5.02 Å². The van der Waals surface area contributed by atoms with Crippen LogP contribution in [-0.2, 0) is 10.0 Å². The van der Waals surface area contributed by atoms with Gasteiger partial charge in [-0.25, -0.2) is 8.42 Å². The molecule has 0 aliphatic rings. The van der Waals surface area contributed by atoms with Gasteiger partial charge in [0.15, 0.2) is 0 Å². The van der Waals surface area contributed by atoms with Gasteiger partial charge in [0.2, 0.25) is 0 Å². The standard InChI is InChI=1S/C17H20ClNO3S/c1-5-19(14-8-6-7-12(2)9-14)23(20,21)17-11-15(18)13(3)10-16(17)22-4/h6-11H,5H2,1-4H3. The first kappa shape index (κ1) is 17.6. The highest BCUT2D eigenvalue weighted by Crippen LogP contribution is 2.34. The highest BCUT2D eigenvalue weighted by molar-refractivity contribution is 7.93. The molecule has 6 heteroatoms. The summed E-state index contributed by atoms with van der Waals surface area (Å²) < 4.78 is 32.8. The normalized spacial score (nSPS) is 11.3. The van der Waals surface area contributed by atoms with E-state index in [0.29, 0.717) is 17.3 Å². The minimum Gasteiger partial charge on any atom is -0.495 e. The number of rotatable bonds is 5. The zero-order chi connectivity index (χ0) is 17.2. The second kappa shape index (κ2) is 6.81. The highest BCUT2D eigenvalue weighted by atomic mass is 35.5. The average Bonchev–Trinajstić information content (AvgIpc) is 2.50. The molecule has 2 rings (SSSR count). The number of hydrogen-bond acceptors (Lipinski definition) is 3. The maximum absolute atomic E-state index is 13.1. The van der Waals surface area contributed by atoms with E-state index in [4.69, 9.17) is 16.3 Å². The van der Waals surface area contributed by atoms with E-state index in [1.807, 2.05) is 25.1 Å². The Morgan fingerprint density at radius 3 is 2.43 bits per heavy atom. The minimum absolute atomic E-state index is 0.0685. The third kappa shape index (κ3) is 3.46. The van der Waals surface area contributed by atoms with Crippen LogP contribution >= 0.6 is 11.6 Å². The number of halogens is 1. The van der Waals surface area contributed by atoms with Crippen LogP contribution in [0, 0.1) is 13.8 Å². The second-order valence-electron chi connectivity index (χ2n) is 5.26. The van der Waals surface area contributed by atoms with Gasteiger partial charge in [-0.1, -0.05) is 23.7 Å². The van der Waals surface area contributed by atoms with E-state index in [0.717, 1.165) is 11.1 Å². The fourth-order valence-corrected chi connectivity index (χ4v) is 4.25. The zero-order valence-corrected chi connectivity index (χ0v) is 15.2. The Morgan fingerprint density at radius 1 is 1.17 bits per heavy atom. The Labute approximate surface area is 142 Å². The van der Waals surface area contributed by atoms with Crippen molar-refractivity contribution in [2.45, 2.75) is 25.7 Å². The van der Waals surface area contributed by atoms with Gasteiger partial charge >= 0.3 is 0 Å². The number of nitrogens with zero attached hydrogens (tertiary/aromatic N) is 1. The highest BCUT2D eigenvalue weighted by Gasteiger charge is 2.28. The van der Waals surface area contributed by atoms with E-state index in [1.54, 1.807) is 26.0 Å². The van der Waals surface area contributed by atoms with Crippen molar-refractivity contribution in [3.8, 4) is 5.75 Å². The maximum Gasteiger partial charge on any atom is 0.268 e. The fourth-order valence-electron chi connectivity index (χ4n) is 2.39. The van der Waals surface area contributed by atoms with E-state index in [1.165, 1.54) is 17.5 Å². The van der Waals surface area contributed by atoms with Gasteiger partial charge in [-0.05, 0) is 56.2 Å². The van der Waals surface area contributed by atoms with Crippen molar-refractivity contribution in [3.63, 3.8) is 0 Å². The molecule has 4 nitrogen and oxygen atoms in total. The van der Waals surface area contributed by atoms with Crippen LogP contribution in [-0.4, -0.2) is 22.1 Å². The monoisotopic (exact) mass is 353 g/mol. The summed E-state index contributed by atoms with van der Waals surface area (Å²) in [5.74, 6) is 0.290. The van der Waals surface area contributed by atoms with Crippen molar-refractivity contribution in [3.05, 3.63) is 52.5 Å². The summed E-state index contributed by atoms with van der Waals surface area (Å²) in [6, 6.07) is 10.5. The number of sulfonamides is 1. The molecule has 0 heterocycles. The van der Waals surface area contributed by atoms with Gasteiger partial charge in [-0.3, -0.25) is 4.31 Å². The molecule has 0 saturated heterocycles. The SMILES string of the molecule is CCN(c1cccc(C)c1)S(=O)(=O)c1cc(Cl)c(C)cc1OC. The smallest absolute Gasteiger partial charge is 0.268 e. The molecular formula is C17H20ClNO3S. The Balaban J connectivity index is 2.62. The van der Waals surface area contributed by atoms with Crippen LogP contribution in [0.15, 0.2) is 41.3 Å². The van der Waals surface area contributed by atoms with Crippen LogP contribution in [0.5, 0.6) is 5.75 Å². The van der Waals surface area contributed by atoms with Crippen molar-refractivity contribution >= 4 is 27.3 Å². The number of benzene rings is 2. The van der Waals surface area contributed by atoms with Gasteiger partial charge in [0, 0.05) is 11.6 Å². The molecule has 0 aliphatic carbocycles. The summed E-state index contributed by atoms with van der Waals surface area (Å²) in [5, 5.41) is 0.393. The fraction of sp³-hybridized carbons (Fsp3) is 0.294. The Hall–Kier alpha value is -1.72. The Kier molecular flexibility index (Phi) is 5.22. The van der Waals surface area contributed by atoms with Gasteiger partial charge in [0.1, 0.15) is 10.6 Å². The van der Waals surface area contributed by atoms with Crippen molar-refractivity contribution < 1.29 is 13.2 Å². The van der Waals surface area contributed by atoms with Gasteiger partial charge in [0.05, 0.1) is 12.8 Å². The first-order chi connectivity index (χ1) is 10.8. The number of hydrogen-bond donors (Lipinski definition) is 0. The van der Waals surface area contributed by atoms with Crippen LogP contribution in [0.3, 0.4) is 0 Å². The predicted molar refractivity (Wildman–Crippen MR) is 94.1 cm³/mol. The number of methoxy groups -OCH3 is 1.